The predicted octanol–water partition coefficient (Wildman–Crippen LogP) is 3.15. The van der Waals surface area contributed by atoms with Crippen molar-refractivity contribution < 1.29 is 9.53 Å². The molecule has 1 atom stereocenters. The highest BCUT2D eigenvalue weighted by Gasteiger charge is 2.10. The van der Waals surface area contributed by atoms with E-state index >= 15 is 0 Å². The Morgan fingerprint density at radius 2 is 1.90 bits per heavy atom. The standard InChI is InChI=1S/C15H19N3O2/c1-10(2)20-15(19)12-4-6-13(7-5-12)17-11(3)14-8-9-16-18-14/h4-11,17H,1-3H3,(H,16,18). The van der Waals surface area contributed by atoms with E-state index in [0.29, 0.717) is 5.56 Å². The topological polar surface area (TPSA) is 67.0 Å². The van der Waals surface area contributed by atoms with Crippen LogP contribution < -0.4 is 5.32 Å². The van der Waals surface area contributed by atoms with Gasteiger partial charge in [0, 0.05) is 11.9 Å². The van der Waals surface area contributed by atoms with Gasteiger partial charge in [0.2, 0.25) is 0 Å². The van der Waals surface area contributed by atoms with Gasteiger partial charge >= 0.3 is 5.97 Å². The molecule has 0 aliphatic rings. The van der Waals surface area contributed by atoms with Crippen molar-refractivity contribution in [1.29, 1.82) is 0 Å². The number of nitrogens with one attached hydrogen (secondary N) is 2. The van der Waals surface area contributed by atoms with Crippen molar-refractivity contribution in [2.45, 2.75) is 32.9 Å². The third kappa shape index (κ3) is 3.60. The normalized spacial score (nSPS) is 12.2. The fraction of sp³-hybridized carbons (Fsp3) is 0.333. The summed E-state index contributed by atoms with van der Waals surface area (Å²) in [6, 6.07) is 9.28. The third-order valence-electron chi connectivity index (χ3n) is 2.84. The number of nitrogens with zero attached hydrogens (tertiary/aromatic N) is 1. The Morgan fingerprint density at radius 3 is 2.45 bits per heavy atom. The van der Waals surface area contributed by atoms with E-state index in [-0.39, 0.29) is 18.1 Å². The molecule has 0 fully saturated rings. The van der Waals surface area contributed by atoms with Gasteiger partial charge in [-0.15, -0.1) is 0 Å². The monoisotopic (exact) mass is 273 g/mol. The number of ether oxygens (including phenoxy) is 1. The van der Waals surface area contributed by atoms with Crippen molar-refractivity contribution in [2.75, 3.05) is 5.32 Å². The summed E-state index contributed by atoms with van der Waals surface area (Å²) in [5.41, 5.74) is 2.50. The number of H-pyrrole nitrogens is 1. The van der Waals surface area contributed by atoms with E-state index in [1.165, 1.54) is 0 Å². The second-order valence-corrected chi connectivity index (χ2v) is 4.91. The summed E-state index contributed by atoms with van der Waals surface area (Å²) in [5, 5.41) is 10.2. The van der Waals surface area contributed by atoms with Gasteiger partial charge in [0.15, 0.2) is 0 Å². The van der Waals surface area contributed by atoms with Crippen LogP contribution in [0.25, 0.3) is 0 Å². The zero-order chi connectivity index (χ0) is 14.5. The Bertz CT molecular complexity index is 547. The van der Waals surface area contributed by atoms with Gasteiger partial charge < -0.3 is 10.1 Å². The summed E-state index contributed by atoms with van der Waals surface area (Å²) in [6.07, 6.45) is 1.61. The van der Waals surface area contributed by atoms with Gasteiger partial charge in [0.1, 0.15) is 0 Å². The molecule has 1 aromatic carbocycles. The lowest BCUT2D eigenvalue weighted by atomic mass is 10.2. The van der Waals surface area contributed by atoms with Crippen LogP contribution >= 0.6 is 0 Å². The number of esters is 1. The first-order valence-electron chi connectivity index (χ1n) is 6.63. The van der Waals surface area contributed by atoms with Crippen LogP contribution in [0.5, 0.6) is 0 Å². The molecule has 1 unspecified atom stereocenters. The van der Waals surface area contributed by atoms with E-state index in [0.717, 1.165) is 11.4 Å². The molecule has 2 rings (SSSR count). The molecule has 0 radical (unpaired) electrons. The molecule has 0 spiro atoms. The predicted molar refractivity (Wildman–Crippen MR) is 77.6 cm³/mol. The molecule has 106 valence electrons. The third-order valence-corrected chi connectivity index (χ3v) is 2.84. The minimum absolute atomic E-state index is 0.110. The van der Waals surface area contributed by atoms with Gasteiger partial charge in [0.25, 0.3) is 0 Å². The Hall–Kier alpha value is -2.30. The Morgan fingerprint density at radius 1 is 1.20 bits per heavy atom. The van der Waals surface area contributed by atoms with Crippen molar-refractivity contribution in [3.63, 3.8) is 0 Å². The zero-order valence-corrected chi connectivity index (χ0v) is 11.9. The number of anilines is 1. The molecule has 0 saturated carbocycles. The summed E-state index contributed by atoms with van der Waals surface area (Å²) in [5.74, 6) is -0.298. The molecule has 0 saturated heterocycles. The maximum absolute atomic E-state index is 11.7. The molecular formula is C15H19N3O2. The molecule has 1 heterocycles. The van der Waals surface area contributed by atoms with E-state index in [2.05, 4.69) is 15.5 Å². The highest BCUT2D eigenvalue weighted by Crippen LogP contribution is 2.18. The van der Waals surface area contributed by atoms with E-state index in [4.69, 9.17) is 4.74 Å². The molecule has 2 aromatic rings. The molecule has 2 N–H and O–H groups in total. The molecule has 0 amide bonds. The van der Waals surface area contributed by atoms with E-state index in [9.17, 15) is 4.79 Å². The van der Waals surface area contributed by atoms with Gasteiger partial charge in [-0.05, 0) is 51.1 Å². The number of carbonyl (C=O) groups excluding carboxylic acids is 1. The maximum atomic E-state index is 11.7. The van der Waals surface area contributed by atoms with Crippen molar-refractivity contribution in [3.05, 3.63) is 47.8 Å². The molecular weight excluding hydrogens is 254 g/mol. The SMILES string of the molecule is CC(C)OC(=O)c1ccc(NC(C)c2ccn[nH]2)cc1. The average molecular weight is 273 g/mol. The van der Waals surface area contributed by atoms with E-state index in [1.54, 1.807) is 18.3 Å². The number of aromatic amines is 1. The summed E-state index contributed by atoms with van der Waals surface area (Å²) in [6.45, 7) is 5.70. The number of rotatable bonds is 5. The number of aromatic nitrogens is 2. The molecule has 0 aliphatic heterocycles. The molecule has 20 heavy (non-hydrogen) atoms. The molecule has 0 bridgehead atoms. The van der Waals surface area contributed by atoms with Crippen LogP contribution in [-0.4, -0.2) is 22.3 Å². The lowest BCUT2D eigenvalue weighted by Crippen LogP contribution is -2.12. The van der Waals surface area contributed by atoms with Crippen molar-refractivity contribution in [2.24, 2.45) is 0 Å². The average Bonchev–Trinajstić information content (AvgIpc) is 2.92. The van der Waals surface area contributed by atoms with Crippen LogP contribution in [0.1, 0.15) is 42.9 Å². The summed E-state index contributed by atoms with van der Waals surface area (Å²) in [4.78, 5) is 11.7. The van der Waals surface area contributed by atoms with Crippen molar-refractivity contribution in [3.8, 4) is 0 Å². The van der Waals surface area contributed by atoms with Gasteiger partial charge in [-0.2, -0.15) is 5.10 Å². The van der Waals surface area contributed by atoms with Crippen LogP contribution in [0, 0.1) is 0 Å². The number of hydrogen-bond donors (Lipinski definition) is 2. The first-order chi connectivity index (χ1) is 9.56. The Balaban J connectivity index is 1.99. The molecule has 1 aromatic heterocycles. The highest BCUT2D eigenvalue weighted by molar-refractivity contribution is 5.89. The van der Waals surface area contributed by atoms with Gasteiger partial charge in [-0.25, -0.2) is 4.79 Å². The number of benzene rings is 1. The first kappa shape index (κ1) is 14.1. The smallest absolute Gasteiger partial charge is 0.338 e. The van der Waals surface area contributed by atoms with Crippen LogP contribution in [0.2, 0.25) is 0 Å². The fourth-order valence-electron chi connectivity index (χ4n) is 1.82. The minimum Gasteiger partial charge on any atom is -0.459 e. The number of hydrogen-bond acceptors (Lipinski definition) is 4. The number of carbonyl (C=O) groups is 1. The minimum atomic E-state index is -0.298. The van der Waals surface area contributed by atoms with Gasteiger partial charge in [-0.3, -0.25) is 5.10 Å². The molecule has 0 aliphatic carbocycles. The Kier molecular flexibility index (Phi) is 4.40. The van der Waals surface area contributed by atoms with Crippen molar-refractivity contribution >= 4 is 11.7 Å². The zero-order valence-electron chi connectivity index (χ0n) is 11.9. The van der Waals surface area contributed by atoms with Gasteiger partial charge in [-0.1, -0.05) is 0 Å². The van der Waals surface area contributed by atoms with Crippen molar-refractivity contribution in [1.82, 2.24) is 10.2 Å². The van der Waals surface area contributed by atoms with Gasteiger partial charge in [0.05, 0.1) is 23.4 Å². The lowest BCUT2D eigenvalue weighted by molar-refractivity contribution is 0.0378. The summed E-state index contributed by atoms with van der Waals surface area (Å²) >= 11 is 0. The van der Waals surface area contributed by atoms with Crippen LogP contribution in [0.15, 0.2) is 36.5 Å². The molecule has 5 heteroatoms. The van der Waals surface area contributed by atoms with Crippen LogP contribution in [0.3, 0.4) is 0 Å². The first-order valence-corrected chi connectivity index (χ1v) is 6.63. The summed E-state index contributed by atoms with van der Waals surface area (Å²) < 4.78 is 5.14. The second-order valence-electron chi connectivity index (χ2n) is 4.91. The van der Waals surface area contributed by atoms with Crippen LogP contribution in [-0.2, 0) is 4.74 Å². The highest BCUT2D eigenvalue weighted by atomic mass is 16.5. The molecule has 5 nitrogen and oxygen atoms in total. The van der Waals surface area contributed by atoms with Crippen LogP contribution in [0.4, 0.5) is 5.69 Å². The van der Waals surface area contributed by atoms with E-state index < -0.39 is 0 Å². The lowest BCUT2D eigenvalue weighted by Gasteiger charge is -2.14. The summed E-state index contributed by atoms with van der Waals surface area (Å²) in [7, 11) is 0. The fourth-order valence-corrected chi connectivity index (χ4v) is 1.82. The largest absolute Gasteiger partial charge is 0.459 e. The second kappa shape index (κ2) is 6.23. The maximum Gasteiger partial charge on any atom is 0.338 e. The Labute approximate surface area is 118 Å². The quantitative estimate of drug-likeness (QED) is 0.821. The van der Waals surface area contributed by atoms with E-state index in [1.807, 2.05) is 39.0 Å².